The number of nitrogens with zero attached hydrogens (tertiary/aromatic N) is 6. The molecule has 1 N–H and O–H groups in total. The van der Waals surface area contributed by atoms with Gasteiger partial charge in [-0.1, -0.05) is 18.1 Å². The minimum Gasteiger partial charge on any atom is -0.464 e. The second-order valence-electron chi connectivity index (χ2n) is 13.5. The number of hydrogen-bond acceptors (Lipinski definition) is 17. The molecule has 3 aromatic rings. The first-order valence-electron chi connectivity index (χ1n) is 19.0. The fraction of sp³-hybridized carbons (Fsp3) is 0.513. The number of halogens is 1. The van der Waals surface area contributed by atoms with E-state index in [1.54, 1.807) is 41.1 Å². The lowest BCUT2D eigenvalue weighted by Gasteiger charge is -2.36. The van der Waals surface area contributed by atoms with E-state index in [1.807, 2.05) is 0 Å². The molecule has 2 aliphatic heterocycles. The lowest BCUT2D eigenvalue weighted by molar-refractivity contribution is -0.200. The molecule has 20 nitrogen and oxygen atoms in total. The lowest BCUT2D eigenvalue weighted by Crippen LogP contribution is -2.57. The van der Waals surface area contributed by atoms with Gasteiger partial charge in [-0.2, -0.15) is 9.97 Å². The highest BCUT2D eigenvalue weighted by Gasteiger charge is 2.63. The molecule has 2 amide bonds. The molecule has 0 aliphatic carbocycles. The molecule has 2 aromatic heterocycles. The largest absolute Gasteiger partial charge is 0.464 e. The number of ether oxygens (including phenoxy) is 7. The van der Waals surface area contributed by atoms with Gasteiger partial charge in [0.15, 0.2) is 23.2 Å². The number of urea groups is 1. The highest BCUT2D eigenvalue weighted by atomic mass is 35.5. The number of hydrogen-bond donors (Lipinski definition) is 1. The molecule has 4 heterocycles. The van der Waals surface area contributed by atoms with Crippen molar-refractivity contribution in [3.05, 3.63) is 41.4 Å². The lowest BCUT2D eigenvalue weighted by atomic mass is 9.91. The van der Waals surface area contributed by atoms with Gasteiger partial charge in [-0.3, -0.25) is 23.9 Å². The van der Waals surface area contributed by atoms with Gasteiger partial charge in [-0.05, 0) is 49.6 Å². The van der Waals surface area contributed by atoms with Gasteiger partial charge in [0.25, 0.3) is 5.60 Å². The number of anilines is 2. The van der Waals surface area contributed by atoms with Gasteiger partial charge in [-0.25, -0.2) is 19.4 Å². The summed E-state index contributed by atoms with van der Waals surface area (Å²) in [7, 11) is 1.59. The first-order valence-corrected chi connectivity index (χ1v) is 19.4. The number of terminal acetylenes is 1. The Balaban J connectivity index is 1.52. The van der Waals surface area contributed by atoms with Crippen LogP contribution < -0.4 is 10.2 Å². The Morgan fingerprint density at radius 2 is 1.68 bits per heavy atom. The number of aromatic nitrogens is 4. The number of carbonyl (C=O) groups excluding carboxylic acids is 6. The molecule has 0 radical (unpaired) electrons. The van der Waals surface area contributed by atoms with Crippen molar-refractivity contribution in [3.63, 3.8) is 0 Å². The van der Waals surface area contributed by atoms with Crippen LogP contribution in [0.15, 0.2) is 30.6 Å². The van der Waals surface area contributed by atoms with Crippen LogP contribution in [0.5, 0.6) is 0 Å². The van der Waals surface area contributed by atoms with E-state index in [9.17, 15) is 28.8 Å². The van der Waals surface area contributed by atoms with Gasteiger partial charge in [-0.15, -0.1) is 6.42 Å². The van der Waals surface area contributed by atoms with Crippen LogP contribution in [0.25, 0.3) is 11.2 Å². The number of nitrogens with one attached hydrogen (secondary N) is 1. The molecule has 2 aliphatic rings. The predicted molar refractivity (Wildman–Crippen MR) is 210 cm³/mol. The Kier molecular flexibility index (Phi) is 14.5. The maximum absolute atomic E-state index is 14.0. The number of benzene rings is 1. The van der Waals surface area contributed by atoms with E-state index in [2.05, 4.69) is 26.2 Å². The van der Waals surface area contributed by atoms with Crippen molar-refractivity contribution in [2.45, 2.75) is 77.1 Å². The minimum atomic E-state index is -2.50. The van der Waals surface area contributed by atoms with Crippen LogP contribution in [0.1, 0.15) is 52.8 Å². The molecule has 2 fully saturated rings. The van der Waals surface area contributed by atoms with Crippen LogP contribution in [0.4, 0.5) is 16.3 Å². The molecule has 21 heteroatoms. The monoisotopic (exact) mass is 855 g/mol. The summed E-state index contributed by atoms with van der Waals surface area (Å²) in [4.78, 5) is 93.9. The van der Waals surface area contributed by atoms with Gasteiger partial charge >= 0.3 is 35.9 Å². The Hall–Kier alpha value is -6.04. The first-order chi connectivity index (χ1) is 28.6. The van der Waals surface area contributed by atoms with Crippen LogP contribution in [0, 0.1) is 12.3 Å². The molecule has 1 unspecified atom stereocenters. The summed E-state index contributed by atoms with van der Waals surface area (Å²) in [6.45, 7) is 6.69. The van der Waals surface area contributed by atoms with E-state index < -0.39 is 72.5 Å². The quantitative estimate of drug-likeness (QED) is 0.0676. The van der Waals surface area contributed by atoms with Gasteiger partial charge in [0.2, 0.25) is 17.0 Å². The smallest absolute Gasteiger partial charge is 0.350 e. The van der Waals surface area contributed by atoms with Crippen LogP contribution in [0.2, 0.25) is 5.28 Å². The third-order valence-corrected chi connectivity index (χ3v) is 9.74. The number of fused-ring (bicyclic) bond motifs is 1. The summed E-state index contributed by atoms with van der Waals surface area (Å²) in [5.74, 6) is -1.71. The van der Waals surface area contributed by atoms with E-state index in [0.717, 1.165) is 13.8 Å². The molecule has 322 valence electrons. The number of carbonyl (C=O) groups is 6. The average molecular weight is 856 g/mol. The van der Waals surface area contributed by atoms with Crippen molar-refractivity contribution in [2.75, 3.05) is 63.3 Å². The van der Waals surface area contributed by atoms with E-state index >= 15 is 0 Å². The number of esters is 5. The maximum Gasteiger partial charge on any atom is 0.350 e. The van der Waals surface area contributed by atoms with Crippen LogP contribution in [0.3, 0.4) is 0 Å². The summed E-state index contributed by atoms with van der Waals surface area (Å²) in [5, 5.41) is 2.71. The molecule has 60 heavy (non-hydrogen) atoms. The summed E-state index contributed by atoms with van der Waals surface area (Å²) in [6, 6.07) is 6.22. The SMILES string of the molecule is C#C[C@@]1(OC(C)=O)[C@@H](COC(Cc2ccc(N3CCCN(CCOC(C)=O)C3=O)cc2)(C(=O)OCC)C(=O)OCC)OC(n2cnc3c(NC)nc(Cl)nc32)[C@@H]1OC(C)=O. The fourth-order valence-corrected chi connectivity index (χ4v) is 7.14. The summed E-state index contributed by atoms with van der Waals surface area (Å²) >= 11 is 6.23. The maximum atomic E-state index is 14.0. The Morgan fingerprint density at radius 1 is 1.00 bits per heavy atom. The highest BCUT2D eigenvalue weighted by molar-refractivity contribution is 6.28. The summed E-state index contributed by atoms with van der Waals surface area (Å²) in [6.07, 6.45) is 3.10. The second-order valence-corrected chi connectivity index (χ2v) is 13.9. The molecule has 0 bridgehead atoms. The predicted octanol–water partition coefficient (Wildman–Crippen LogP) is 2.61. The molecule has 4 atom stereocenters. The van der Waals surface area contributed by atoms with Gasteiger partial charge in [0.05, 0.1) is 32.7 Å². The third-order valence-electron chi connectivity index (χ3n) is 9.57. The summed E-state index contributed by atoms with van der Waals surface area (Å²) in [5.41, 5.74) is -3.44. The van der Waals surface area contributed by atoms with Crippen molar-refractivity contribution in [1.29, 1.82) is 0 Å². The van der Waals surface area contributed by atoms with E-state index in [4.69, 9.17) is 51.2 Å². The Morgan fingerprint density at radius 3 is 2.27 bits per heavy atom. The summed E-state index contributed by atoms with van der Waals surface area (Å²) < 4.78 is 41.3. The van der Waals surface area contributed by atoms with Crippen molar-refractivity contribution in [1.82, 2.24) is 24.4 Å². The highest BCUT2D eigenvalue weighted by Crippen LogP contribution is 2.44. The van der Waals surface area contributed by atoms with E-state index in [-0.39, 0.29) is 54.7 Å². The third kappa shape index (κ3) is 9.38. The van der Waals surface area contributed by atoms with Gasteiger partial charge in [0, 0.05) is 53.0 Å². The minimum absolute atomic E-state index is 0.0553. The number of imidazole rings is 1. The average Bonchev–Trinajstić information content (AvgIpc) is 3.75. The molecular formula is C39H46ClN7O13. The molecular weight excluding hydrogens is 810 g/mol. The number of amides is 2. The fourth-order valence-electron chi connectivity index (χ4n) is 6.97. The number of rotatable bonds is 17. The molecule has 0 saturated carbocycles. The zero-order chi connectivity index (χ0) is 43.8. The van der Waals surface area contributed by atoms with E-state index in [0.29, 0.717) is 30.8 Å². The van der Waals surface area contributed by atoms with Crippen LogP contribution in [-0.4, -0.2) is 137 Å². The topological polar surface area (TPSA) is 229 Å². The van der Waals surface area contributed by atoms with Gasteiger partial charge in [0.1, 0.15) is 12.7 Å². The van der Waals surface area contributed by atoms with Gasteiger partial charge < -0.3 is 43.4 Å². The van der Waals surface area contributed by atoms with Crippen molar-refractivity contribution in [2.24, 2.45) is 0 Å². The molecule has 5 rings (SSSR count). The normalized spacial score (nSPS) is 20.3. The first kappa shape index (κ1) is 45.1. The standard InChI is InChI=1S/C39H46ClN7O13/c1-8-38(60-25(6)50)28(59-33(30(38)58-24(5)49)47-22-42-29-31(41-7)43-36(40)44-32(29)47)21-57-39(34(51)54-9-2,35(52)55-10-3)20-26-12-14-27(15-13-26)46-17-11-16-45(37(46)53)18-19-56-23(4)48/h1,12-15,22,28,30,33H,9-11,16-21H2,2-7H3,(H,41,43,44)/t28-,30+,33?,38-/m1/s1. The van der Waals surface area contributed by atoms with Crippen molar-refractivity contribution < 1.29 is 61.9 Å². The van der Waals surface area contributed by atoms with Crippen LogP contribution >= 0.6 is 11.6 Å². The van der Waals surface area contributed by atoms with Crippen LogP contribution in [-0.2, 0) is 63.6 Å². The second kappa shape index (κ2) is 19.4. The zero-order valence-electron chi connectivity index (χ0n) is 33.9. The van der Waals surface area contributed by atoms with Crippen molar-refractivity contribution >= 4 is 70.1 Å². The Bertz CT molecular complexity index is 2120. The van der Waals surface area contributed by atoms with E-state index in [1.165, 1.54) is 31.7 Å². The van der Waals surface area contributed by atoms with Crippen molar-refractivity contribution in [3.8, 4) is 12.3 Å². The molecule has 0 spiro atoms. The molecule has 2 saturated heterocycles. The molecule has 1 aromatic carbocycles. The zero-order valence-corrected chi connectivity index (χ0v) is 34.7. The Labute approximate surface area is 350 Å².